The van der Waals surface area contributed by atoms with Crippen LogP contribution in [0.5, 0.6) is 0 Å². The Morgan fingerprint density at radius 1 is 1.24 bits per heavy atom. The molecule has 0 aromatic carbocycles. The SMILES string of the molecule is OC1CC(c2cc(N3CCSCC3)ncn2)C1. The van der Waals surface area contributed by atoms with Crippen LogP contribution in [-0.4, -0.2) is 45.8 Å². The van der Waals surface area contributed by atoms with Gasteiger partial charge in [0.1, 0.15) is 12.1 Å². The summed E-state index contributed by atoms with van der Waals surface area (Å²) in [5.41, 5.74) is 1.10. The minimum atomic E-state index is -0.121. The molecule has 1 aliphatic carbocycles. The van der Waals surface area contributed by atoms with Gasteiger partial charge in [0.15, 0.2) is 0 Å². The molecule has 1 saturated heterocycles. The van der Waals surface area contributed by atoms with Crippen molar-refractivity contribution in [2.75, 3.05) is 29.5 Å². The van der Waals surface area contributed by atoms with Gasteiger partial charge in [0, 0.05) is 42.3 Å². The fraction of sp³-hybridized carbons (Fsp3) is 0.667. The first-order valence-electron chi connectivity index (χ1n) is 6.15. The molecule has 1 aromatic heterocycles. The third kappa shape index (κ3) is 2.40. The number of anilines is 1. The molecule has 2 aliphatic rings. The zero-order valence-corrected chi connectivity index (χ0v) is 10.6. The van der Waals surface area contributed by atoms with E-state index in [1.165, 1.54) is 11.5 Å². The molecule has 3 rings (SSSR count). The highest BCUT2D eigenvalue weighted by molar-refractivity contribution is 7.99. The number of aromatic nitrogens is 2. The Hall–Kier alpha value is -0.810. The van der Waals surface area contributed by atoms with Gasteiger partial charge in [0.05, 0.1) is 6.10 Å². The van der Waals surface area contributed by atoms with Gasteiger partial charge in [0.25, 0.3) is 0 Å². The van der Waals surface area contributed by atoms with E-state index >= 15 is 0 Å². The molecular formula is C12H17N3OS. The predicted molar refractivity (Wildman–Crippen MR) is 69.6 cm³/mol. The summed E-state index contributed by atoms with van der Waals surface area (Å²) < 4.78 is 0. The number of thioether (sulfide) groups is 1. The van der Waals surface area contributed by atoms with Crippen LogP contribution in [0, 0.1) is 0 Å². The Labute approximate surface area is 105 Å². The van der Waals surface area contributed by atoms with Crippen molar-refractivity contribution >= 4 is 17.6 Å². The van der Waals surface area contributed by atoms with Crippen molar-refractivity contribution in [1.29, 1.82) is 0 Å². The second kappa shape index (κ2) is 4.82. The van der Waals surface area contributed by atoms with Crippen molar-refractivity contribution in [2.45, 2.75) is 24.9 Å². The first-order valence-corrected chi connectivity index (χ1v) is 7.31. The van der Waals surface area contributed by atoms with Crippen LogP contribution in [0.4, 0.5) is 5.82 Å². The largest absolute Gasteiger partial charge is 0.393 e. The summed E-state index contributed by atoms with van der Waals surface area (Å²) >= 11 is 2.00. The molecule has 4 nitrogen and oxygen atoms in total. The van der Waals surface area contributed by atoms with Crippen LogP contribution in [0.25, 0.3) is 0 Å². The Morgan fingerprint density at radius 3 is 2.71 bits per heavy atom. The molecule has 92 valence electrons. The highest BCUT2D eigenvalue weighted by atomic mass is 32.2. The maximum absolute atomic E-state index is 9.34. The van der Waals surface area contributed by atoms with Gasteiger partial charge in [-0.3, -0.25) is 0 Å². The average Bonchev–Trinajstić information content (AvgIpc) is 2.36. The van der Waals surface area contributed by atoms with Gasteiger partial charge in [-0.1, -0.05) is 0 Å². The molecule has 5 heteroatoms. The first-order chi connectivity index (χ1) is 8.33. The van der Waals surface area contributed by atoms with Gasteiger partial charge in [-0.2, -0.15) is 11.8 Å². The third-order valence-corrected chi connectivity index (χ3v) is 4.48. The Kier molecular flexibility index (Phi) is 3.20. The zero-order valence-electron chi connectivity index (χ0n) is 9.75. The molecule has 2 heterocycles. The van der Waals surface area contributed by atoms with E-state index in [0.29, 0.717) is 5.92 Å². The van der Waals surface area contributed by atoms with Crippen molar-refractivity contribution in [3.8, 4) is 0 Å². The van der Waals surface area contributed by atoms with Crippen LogP contribution in [0.15, 0.2) is 12.4 Å². The number of aliphatic hydroxyl groups is 1. The normalized spacial score (nSPS) is 28.9. The summed E-state index contributed by atoms with van der Waals surface area (Å²) in [5.74, 6) is 3.85. The third-order valence-electron chi connectivity index (χ3n) is 3.54. The molecule has 2 fully saturated rings. The number of aliphatic hydroxyl groups excluding tert-OH is 1. The van der Waals surface area contributed by atoms with E-state index in [1.807, 2.05) is 11.8 Å². The lowest BCUT2D eigenvalue weighted by molar-refractivity contribution is 0.0732. The van der Waals surface area contributed by atoms with Gasteiger partial charge >= 0.3 is 0 Å². The standard InChI is InChI=1S/C12H17N3OS/c16-10-5-9(6-10)11-7-12(14-8-13-11)15-1-3-17-4-2-15/h7-10,16H,1-6H2. The minimum Gasteiger partial charge on any atom is -0.393 e. The minimum absolute atomic E-state index is 0.121. The molecule has 0 radical (unpaired) electrons. The second-order valence-corrected chi connectivity index (χ2v) is 5.95. The van der Waals surface area contributed by atoms with Crippen LogP contribution >= 0.6 is 11.8 Å². The topological polar surface area (TPSA) is 49.2 Å². The fourth-order valence-corrected chi connectivity index (χ4v) is 3.28. The molecule has 0 amide bonds. The smallest absolute Gasteiger partial charge is 0.132 e. The fourth-order valence-electron chi connectivity index (χ4n) is 2.38. The monoisotopic (exact) mass is 251 g/mol. The number of hydrogen-bond donors (Lipinski definition) is 1. The molecule has 0 atom stereocenters. The lowest BCUT2D eigenvalue weighted by Gasteiger charge is -2.32. The summed E-state index contributed by atoms with van der Waals surface area (Å²) in [6.07, 6.45) is 3.25. The van der Waals surface area contributed by atoms with Crippen molar-refractivity contribution in [3.63, 3.8) is 0 Å². The number of hydrogen-bond acceptors (Lipinski definition) is 5. The Bertz CT molecular complexity index is 389. The van der Waals surface area contributed by atoms with E-state index in [2.05, 4.69) is 20.9 Å². The van der Waals surface area contributed by atoms with Crippen molar-refractivity contribution in [2.24, 2.45) is 0 Å². The molecule has 0 bridgehead atoms. The van der Waals surface area contributed by atoms with Crippen LogP contribution in [0.1, 0.15) is 24.5 Å². The van der Waals surface area contributed by atoms with Crippen LogP contribution in [-0.2, 0) is 0 Å². The second-order valence-electron chi connectivity index (χ2n) is 4.72. The molecule has 1 saturated carbocycles. The maximum Gasteiger partial charge on any atom is 0.132 e. The van der Waals surface area contributed by atoms with Gasteiger partial charge in [-0.05, 0) is 12.8 Å². The molecule has 0 unspecified atom stereocenters. The summed E-state index contributed by atoms with van der Waals surface area (Å²) in [7, 11) is 0. The number of rotatable bonds is 2. The molecule has 17 heavy (non-hydrogen) atoms. The van der Waals surface area contributed by atoms with Crippen LogP contribution in [0.3, 0.4) is 0 Å². The van der Waals surface area contributed by atoms with Crippen molar-refractivity contribution in [1.82, 2.24) is 9.97 Å². The Morgan fingerprint density at radius 2 is 2.00 bits per heavy atom. The number of nitrogens with zero attached hydrogens (tertiary/aromatic N) is 3. The highest BCUT2D eigenvalue weighted by Gasteiger charge is 2.30. The average molecular weight is 251 g/mol. The zero-order chi connectivity index (χ0) is 11.7. The van der Waals surface area contributed by atoms with Gasteiger partial charge in [-0.15, -0.1) is 0 Å². The molecule has 0 spiro atoms. The molecule has 1 aliphatic heterocycles. The maximum atomic E-state index is 9.34. The van der Waals surface area contributed by atoms with Gasteiger partial charge < -0.3 is 10.0 Å². The first kappa shape index (κ1) is 11.3. The van der Waals surface area contributed by atoms with Crippen molar-refractivity contribution in [3.05, 3.63) is 18.1 Å². The van der Waals surface area contributed by atoms with Crippen molar-refractivity contribution < 1.29 is 5.11 Å². The molecular weight excluding hydrogens is 234 g/mol. The van der Waals surface area contributed by atoms with E-state index in [0.717, 1.165) is 37.4 Å². The van der Waals surface area contributed by atoms with Crippen LogP contribution in [0.2, 0.25) is 0 Å². The molecule has 1 N–H and O–H groups in total. The molecule has 1 aromatic rings. The van der Waals surface area contributed by atoms with E-state index in [-0.39, 0.29) is 6.10 Å². The lowest BCUT2D eigenvalue weighted by Crippen LogP contribution is -2.33. The quantitative estimate of drug-likeness (QED) is 0.858. The summed E-state index contributed by atoms with van der Waals surface area (Å²) in [5, 5.41) is 9.34. The van der Waals surface area contributed by atoms with Gasteiger partial charge in [-0.25, -0.2) is 9.97 Å². The summed E-state index contributed by atoms with van der Waals surface area (Å²) in [6.45, 7) is 2.16. The van der Waals surface area contributed by atoms with E-state index in [9.17, 15) is 5.11 Å². The summed E-state index contributed by atoms with van der Waals surface area (Å²) in [6, 6.07) is 2.10. The predicted octanol–water partition coefficient (Wildman–Crippen LogP) is 1.27. The Balaban J connectivity index is 1.74. The van der Waals surface area contributed by atoms with E-state index < -0.39 is 0 Å². The van der Waals surface area contributed by atoms with E-state index in [4.69, 9.17) is 0 Å². The van der Waals surface area contributed by atoms with E-state index in [1.54, 1.807) is 6.33 Å². The summed E-state index contributed by atoms with van der Waals surface area (Å²) in [4.78, 5) is 11.0. The highest BCUT2D eigenvalue weighted by Crippen LogP contribution is 2.36. The van der Waals surface area contributed by atoms with Crippen LogP contribution < -0.4 is 4.90 Å². The lowest BCUT2D eigenvalue weighted by atomic mass is 9.80. The van der Waals surface area contributed by atoms with Gasteiger partial charge in [0.2, 0.25) is 0 Å².